The Balaban J connectivity index is 1.83. The summed E-state index contributed by atoms with van der Waals surface area (Å²) >= 11 is 5.93. The zero-order chi connectivity index (χ0) is 18.3. The van der Waals surface area contributed by atoms with Crippen molar-refractivity contribution in [3.8, 4) is 6.07 Å². The van der Waals surface area contributed by atoms with Crippen molar-refractivity contribution in [3.63, 3.8) is 0 Å². The molecule has 6 nitrogen and oxygen atoms in total. The van der Waals surface area contributed by atoms with Gasteiger partial charge in [0.05, 0.1) is 17.0 Å². The van der Waals surface area contributed by atoms with E-state index in [0.717, 1.165) is 0 Å². The van der Waals surface area contributed by atoms with Gasteiger partial charge in [0.15, 0.2) is 5.84 Å². The number of allylic oxidation sites excluding steroid dienone is 1. The Hall–Kier alpha value is -3.43. The molecule has 1 amide bonds. The first-order valence-corrected chi connectivity index (χ1v) is 8.20. The third-order valence-corrected chi connectivity index (χ3v) is 4.46. The molecule has 0 aromatic heterocycles. The molecule has 1 unspecified atom stereocenters. The lowest BCUT2D eigenvalue weighted by molar-refractivity contribution is -0.119. The summed E-state index contributed by atoms with van der Waals surface area (Å²) in [6.45, 7) is 0. The number of fused-ring (bicyclic) bond motifs is 1. The average molecular weight is 362 g/mol. The number of aliphatic imine (C=N–C) groups is 1. The Bertz CT molecular complexity index is 1030. The molecular weight excluding hydrogens is 350 g/mol. The van der Waals surface area contributed by atoms with Crippen LogP contribution < -0.4 is 10.7 Å². The maximum absolute atomic E-state index is 12.8. The van der Waals surface area contributed by atoms with Crippen LogP contribution in [0.3, 0.4) is 0 Å². The number of anilines is 1. The zero-order valence-electron chi connectivity index (χ0n) is 13.4. The average Bonchev–Trinajstić information content (AvgIpc) is 3.00. The van der Waals surface area contributed by atoms with E-state index in [1.54, 1.807) is 36.4 Å². The normalized spacial score (nSPS) is 19.0. The van der Waals surface area contributed by atoms with Crippen LogP contribution in [0.15, 0.2) is 76.0 Å². The summed E-state index contributed by atoms with van der Waals surface area (Å²) in [6, 6.07) is 18.0. The molecule has 2 N–H and O–H groups in total. The monoisotopic (exact) mass is 361 g/mol. The molecule has 2 heterocycles. The Morgan fingerprint density at radius 1 is 1.12 bits per heavy atom. The van der Waals surface area contributed by atoms with E-state index in [9.17, 15) is 10.1 Å². The molecule has 0 aliphatic carbocycles. The molecule has 2 aromatic carbocycles. The Labute approximate surface area is 154 Å². The number of amidine groups is 1. The van der Waals surface area contributed by atoms with Crippen molar-refractivity contribution in [2.75, 3.05) is 5.01 Å². The van der Waals surface area contributed by atoms with Crippen molar-refractivity contribution >= 4 is 34.7 Å². The number of halogens is 1. The van der Waals surface area contributed by atoms with E-state index in [-0.39, 0.29) is 23.0 Å². The van der Waals surface area contributed by atoms with E-state index in [1.165, 1.54) is 5.01 Å². The van der Waals surface area contributed by atoms with Gasteiger partial charge in [0.1, 0.15) is 12.0 Å². The number of dihydropyridines is 1. The van der Waals surface area contributed by atoms with Crippen molar-refractivity contribution in [3.05, 3.63) is 76.5 Å². The van der Waals surface area contributed by atoms with Crippen LogP contribution in [0.2, 0.25) is 5.02 Å². The summed E-state index contributed by atoms with van der Waals surface area (Å²) in [5.41, 5.74) is 8.22. The van der Waals surface area contributed by atoms with Gasteiger partial charge in [-0.3, -0.25) is 4.79 Å². The molecule has 0 spiro atoms. The van der Waals surface area contributed by atoms with E-state index in [1.807, 2.05) is 18.2 Å². The highest BCUT2D eigenvalue weighted by atomic mass is 35.5. The van der Waals surface area contributed by atoms with Crippen molar-refractivity contribution in [1.82, 2.24) is 0 Å². The van der Waals surface area contributed by atoms with Gasteiger partial charge >= 0.3 is 0 Å². The van der Waals surface area contributed by atoms with Crippen LogP contribution in [-0.2, 0) is 4.79 Å². The number of carbonyl (C=O) groups excluding carboxylic acids is 1. The molecule has 0 radical (unpaired) electrons. The molecule has 126 valence electrons. The second kappa shape index (κ2) is 6.14. The number of amides is 1. The zero-order valence-corrected chi connectivity index (χ0v) is 14.2. The second-order valence-electron chi connectivity index (χ2n) is 5.79. The molecule has 4 rings (SSSR count). The SMILES string of the molecule is N#CC1=C(N)C2C(=O)N(c3ccccc3)N=C2N=C1c1ccc(Cl)cc1. The lowest BCUT2D eigenvalue weighted by Gasteiger charge is -2.19. The highest BCUT2D eigenvalue weighted by Gasteiger charge is 2.43. The molecule has 2 aromatic rings. The summed E-state index contributed by atoms with van der Waals surface area (Å²) in [5.74, 6) is -0.892. The summed E-state index contributed by atoms with van der Waals surface area (Å²) in [7, 11) is 0. The number of carbonyl (C=O) groups is 1. The largest absolute Gasteiger partial charge is 0.400 e. The number of nitrogens with zero attached hydrogens (tertiary/aromatic N) is 4. The number of hydrogen-bond donors (Lipinski definition) is 1. The molecule has 7 heteroatoms. The summed E-state index contributed by atoms with van der Waals surface area (Å²) in [5, 5.41) is 15.8. The Kier molecular flexibility index (Phi) is 3.79. The smallest absolute Gasteiger partial charge is 0.264 e. The van der Waals surface area contributed by atoms with Crippen LogP contribution in [0, 0.1) is 17.2 Å². The van der Waals surface area contributed by atoms with Gasteiger partial charge in [-0.15, -0.1) is 5.10 Å². The molecule has 26 heavy (non-hydrogen) atoms. The predicted octanol–water partition coefficient (Wildman–Crippen LogP) is 2.86. The molecule has 1 atom stereocenters. The van der Waals surface area contributed by atoms with Gasteiger partial charge in [0, 0.05) is 16.3 Å². The minimum Gasteiger partial charge on any atom is -0.400 e. The molecule has 0 bridgehead atoms. The Morgan fingerprint density at radius 3 is 2.46 bits per heavy atom. The van der Waals surface area contributed by atoms with Gasteiger partial charge in [-0.2, -0.15) is 10.3 Å². The summed E-state index contributed by atoms with van der Waals surface area (Å²) in [4.78, 5) is 17.3. The maximum Gasteiger partial charge on any atom is 0.264 e. The van der Waals surface area contributed by atoms with E-state index < -0.39 is 5.92 Å². The number of hydrazone groups is 1. The molecule has 2 aliphatic rings. The number of rotatable bonds is 2. The molecule has 2 aliphatic heterocycles. The minimum absolute atomic E-state index is 0.162. The number of nitrogens with two attached hydrogens (primary N) is 1. The maximum atomic E-state index is 12.8. The van der Waals surface area contributed by atoms with Gasteiger partial charge in [0.2, 0.25) is 0 Å². The highest BCUT2D eigenvalue weighted by molar-refractivity contribution is 6.31. The van der Waals surface area contributed by atoms with Crippen LogP contribution in [0.4, 0.5) is 5.69 Å². The van der Waals surface area contributed by atoms with E-state index in [0.29, 0.717) is 22.0 Å². The van der Waals surface area contributed by atoms with Crippen LogP contribution in [-0.4, -0.2) is 17.5 Å². The van der Waals surface area contributed by atoms with Gasteiger partial charge in [-0.25, -0.2) is 4.99 Å². The van der Waals surface area contributed by atoms with Crippen LogP contribution in [0.5, 0.6) is 0 Å². The standard InChI is InChI=1S/C19H12ClN5O/c20-12-8-6-11(7-9-12)17-14(10-21)16(22)15-18(23-17)24-25(19(15)26)13-4-2-1-3-5-13/h1-9,15H,22H2. The summed E-state index contributed by atoms with van der Waals surface area (Å²) < 4.78 is 0. The Morgan fingerprint density at radius 2 is 1.81 bits per heavy atom. The third kappa shape index (κ3) is 2.46. The first kappa shape index (κ1) is 16.1. The third-order valence-electron chi connectivity index (χ3n) is 4.21. The molecule has 0 saturated heterocycles. The fourth-order valence-corrected chi connectivity index (χ4v) is 3.07. The van der Waals surface area contributed by atoms with Crippen molar-refractivity contribution in [2.24, 2.45) is 21.7 Å². The van der Waals surface area contributed by atoms with Crippen LogP contribution >= 0.6 is 11.6 Å². The highest BCUT2D eigenvalue weighted by Crippen LogP contribution is 2.32. The summed E-state index contributed by atoms with van der Waals surface area (Å²) in [6.07, 6.45) is 0. The topological polar surface area (TPSA) is 94.8 Å². The van der Waals surface area contributed by atoms with Crippen LogP contribution in [0.1, 0.15) is 5.56 Å². The van der Waals surface area contributed by atoms with Crippen molar-refractivity contribution in [1.29, 1.82) is 5.26 Å². The fraction of sp³-hybridized carbons (Fsp3) is 0.0526. The lowest BCUT2D eigenvalue weighted by atomic mass is 9.91. The first-order chi connectivity index (χ1) is 12.6. The van der Waals surface area contributed by atoms with Crippen molar-refractivity contribution < 1.29 is 4.79 Å². The molecule has 0 fully saturated rings. The predicted molar refractivity (Wildman–Crippen MR) is 99.7 cm³/mol. The number of nitriles is 1. The molecule has 0 saturated carbocycles. The van der Waals surface area contributed by atoms with Gasteiger partial charge in [0.25, 0.3) is 5.91 Å². The van der Waals surface area contributed by atoms with E-state index in [2.05, 4.69) is 16.2 Å². The van der Waals surface area contributed by atoms with E-state index >= 15 is 0 Å². The number of hydrogen-bond acceptors (Lipinski definition) is 5. The minimum atomic E-state index is -0.846. The quantitative estimate of drug-likeness (QED) is 0.890. The number of para-hydroxylation sites is 1. The lowest BCUT2D eigenvalue weighted by Crippen LogP contribution is -2.35. The number of benzene rings is 2. The van der Waals surface area contributed by atoms with E-state index in [4.69, 9.17) is 17.3 Å². The first-order valence-electron chi connectivity index (χ1n) is 7.82. The van der Waals surface area contributed by atoms with Gasteiger partial charge in [-0.05, 0) is 24.3 Å². The van der Waals surface area contributed by atoms with Crippen molar-refractivity contribution in [2.45, 2.75) is 0 Å². The van der Waals surface area contributed by atoms with Gasteiger partial charge in [-0.1, -0.05) is 41.9 Å². The van der Waals surface area contributed by atoms with Gasteiger partial charge < -0.3 is 5.73 Å². The van der Waals surface area contributed by atoms with Crippen LogP contribution in [0.25, 0.3) is 0 Å². The molecular formula is C19H12ClN5O. The second-order valence-corrected chi connectivity index (χ2v) is 6.22. The fourth-order valence-electron chi connectivity index (χ4n) is 2.94.